The van der Waals surface area contributed by atoms with Crippen molar-refractivity contribution in [2.24, 2.45) is 0 Å². The Balaban J connectivity index is 1.58. The lowest BCUT2D eigenvalue weighted by Gasteiger charge is -2.07. The predicted octanol–water partition coefficient (Wildman–Crippen LogP) is 3.04. The number of nitrogens with one attached hydrogen (secondary N) is 2. The summed E-state index contributed by atoms with van der Waals surface area (Å²) in [4.78, 5) is 16.2. The molecule has 1 aromatic carbocycles. The minimum Gasteiger partial charge on any atom is -0.364 e. The molecule has 6 nitrogen and oxygen atoms in total. The molecule has 2 aromatic heterocycles. The fourth-order valence-electron chi connectivity index (χ4n) is 2.08. The van der Waals surface area contributed by atoms with E-state index in [1.165, 1.54) is 0 Å². The van der Waals surface area contributed by atoms with Gasteiger partial charge in [-0.05, 0) is 42.8 Å². The highest BCUT2D eigenvalue weighted by molar-refractivity contribution is 6.03. The predicted molar refractivity (Wildman–Crippen MR) is 92.7 cm³/mol. The highest BCUT2D eigenvalue weighted by Gasteiger charge is 2.07. The van der Waals surface area contributed by atoms with Crippen molar-refractivity contribution in [3.05, 3.63) is 77.6 Å². The Morgan fingerprint density at radius 2 is 1.75 bits per heavy atom. The first kappa shape index (κ1) is 15.6. The lowest BCUT2D eigenvalue weighted by atomic mass is 10.1. The molecule has 3 rings (SSSR count). The first-order chi connectivity index (χ1) is 11.7. The molecule has 1 amide bonds. The van der Waals surface area contributed by atoms with Crippen LogP contribution in [-0.2, 0) is 6.54 Å². The topological polar surface area (TPSA) is 79.8 Å². The molecule has 0 bridgehead atoms. The van der Waals surface area contributed by atoms with E-state index in [2.05, 4.69) is 25.8 Å². The van der Waals surface area contributed by atoms with Gasteiger partial charge in [0.2, 0.25) is 0 Å². The number of pyridine rings is 1. The van der Waals surface area contributed by atoms with Crippen LogP contribution in [0.2, 0.25) is 0 Å². The van der Waals surface area contributed by atoms with Crippen LogP contribution in [0.5, 0.6) is 0 Å². The van der Waals surface area contributed by atoms with Crippen LogP contribution >= 0.6 is 0 Å². The summed E-state index contributed by atoms with van der Waals surface area (Å²) >= 11 is 0. The van der Waals surface area contributed by atoms with Crippen LogP contribution in [-0.4, -0.2) is 21.1 Å². The standard InChI is InChI=1S/C18H17N5O/c1-13-4-6-15(7-5-13)18(24)21-17-9-8-16(22-23-17)20-12-14-3-2-10-19-11-14/h2-11H,12H2,1H3,(H,20,22)(H,21,23,24). The van der Waals surface area contributed by atoms with Gasteiger partial charge in [-0.3, -0.25) is 9.78 Å². The molecular weight excluding hydrogens is 302 g/mol. The average molecular weight is 319 g/mol. The molecule has 0 saturated heterocycles. The molecule has 2 heterocycles. The van der Waals surface area contributed by atoms with E-state index in [4.69, 9.17) is 0 Å². The van der Waals surface area contributed by atoms with Crippen molar-refractivity contribution < 1.29 is 4.79 Å². The Kier molecular flexibility index (Phi) is 4.76. The molecule has 3 aromatic rings. The fraction of sp³-hybridized carbons (Fsp3) is 0.111. The van der Waals surface area contributed by atoms with Gasteiger partial charge in [-0.15, -0.1) is 10.2 Å². The van der Waals surface area contributed by atoms with E-state index in [9.17, 15) is 4.79 Å². The van der Waals surface area contributed by atoms with Gasteiger partial charge in [-0.1, -0.05) is 23.8 Å². The van der Waals surface area contributed by atoms with E-state index < -0.39 is 0 Å². The molecule has 0 fully saturated rings. The number of aromatic nitrogens is 3. The summed E-state index contributed by atoms with van der Waals surface area (Å²) in [6, 6.07) is 14.7. The van der Waals surface area contributed by atoms with E-state index in [0.717, 1.165) is 11.1 Å². The number of rotatable bonds is 5. The summed E-state index contributed by atoms with van der Waals surface area (Å²) in [6.07, 6.45) is 3.52. The van der Waals surface area contributed by atoms with Crippen molar-refractivity contribution >= 4 is 17.5 Å². The Hall–Kier alpha value is -3.28. The Bertz CT molecular complexity index is 801. The summed E-state index contributed by atoms with van der Waals surface area (Å²) in [7, 11) is 0. The highest BCUT2D eigenvalue weighted by atomic mass is 16.1. The summed E-state index contributed by atoms with van der Waals surface area (Å²) in [5.74, 6) is 0.833. The summed E-state index contributed by atoms with van der Waals surface area (Å²) in [5, 5.41) is 14.0. The largest absolute Gasteiger partial charge is 0.364 e. The fourth-order valence-corrected chi connectivity index (χ4v) is 2.08. The van der Waals surface area contributed by atoms with E-state index in [1.54, 1.807) is 36.7 Å². The third-order valence-corrected chi connectivity index (χ3v) is 3.42. The van der Waals surface area contributed by atoms with Crippen LogP contribution < -0.4 is 10.6 Å². The molecule has 0 radical (unpaired) electrons. The monoisotopic (exact) mass is 319 g/mol. The number of hydrogen-bond donors (Lipinski definition) is 2. The van der Waals surface area contributed by atoms with Crippen LogP contribution in [0.1, 0.15) is 21.5 Å². The second-order valence-electron chi connectivity index (χ2n) is 5.34. The van der Waals surface area contributed by atoms with Crippen molar-refractivity contribution in [3.63, 3.8) is 0 Å². The maximum atomic E-state index is 12.1. The zero-order valence-electron chi connectivity index (χ0n) is 13.2. The third kappa shape index (κ3) is 4.13. The number of aryl methyl sites for hydroxylation is 1. The number of amides is 1. The van der Waals surface area contributed by atoms with E-state index >= 15 is 0 Å². The molecule has 0 saturated carbocycles. The molecule has 24 heavy (non-hydrogen) atoms. The number of carbonyl (C=O) groups excluding carboxylic acids is 1. The number of carbonyl (C=O) groups is 1. The van der Waals surface area contributed by atoms with Gasteiger partial charge in [0.1, 0.15) is 5.82 Å². The van der Waals surface area contributed by atoms with Gasteiger partial charge in [0.05, 0.1) is 0 Å². The number of hydrogen-bond acceptors (Lipinski definition) is 5. The maximum absolute atomic E-state index is 12.1. The molecule has 6 heteroatoms. The quantitative estimate of drug-likeness (QED) is 0.755. The van der Waals surface area contributed by atoms with Crippen molar-refractivity contribution in [1.29, 1.82) is 0 Å². The Morgan fingerprint density at radius 3 is 2.42 bits per heavy atom. The van der Waals surface area contributed by atoms with Crippen LogP contribution in [0, 0.1) is 6.92 Å². The third-order valence-electron chi connectivity index (χ3n) is 3.42. The van der Waals surface area contributed by atoms with Crippen molar-refractivity contribution in [3.8, 4) is 0 Å². The molecular formula is C18H17N5O. The smallest absolute Gasteiger partial charge is 0.256 e. The average Bonchev–Trinajstić information content (AvgIpc) is 2.62. The van der Waals surface area contributed by atoms with E-state index in [-0.39, 0.29) is 5.91 Å². The second kappa shape index (κ2) is 7.32. The van der Waals surface area contributed by atoms with Crippen LogP contribution in [0.15, 0.2) is 60.9 Å². The van der Waals surface area contributed by atoms with Crippen molar-refractivity contribution in [2.45, 2.75) is 13.5 Å². The van der Waals surface area contributed by atoms with Gasteiger partial charge in [0.15, 0.2) is 5.82 Å². The van der Waals surface area contributed by atoms with E-state index in [1.807, 2.05) is 31.2 Å². The normalized spacial score (nSPS) is 10.2. The van der Waals surface area contributed by atoms with Crippen LogP contribution in [0.25, 0.3) is 0 Å². The molecule has 0 unspecified atom stereocenters. The molecule has 2 N–H and O–H groups in total. The van der Waals surface area contributed by atoms with Crippen LogP contribution in [0.3, 0.4) is 0 Å². The first-order valence-electron chi connectivity index (χ1n) is 7.55. The minimum atomic E-state index is -0.208. The van der Waals surface area contributed by atoms with Gasteiger partial charge in [0, 0.05) is 24.5 Å². The summed E-state index contributed by atoms with van der Waals surface area (Å²) < 4.78 is 0. The zero-order chi connectivity index (χ0) is 16.8. The summed E-state index contributed by atoms with van der Waals surface area (Å²) in [5.41, 5.74) is 2.74. The number of nitrogens with zero attached hydrogens (tertiary/aromatic N) is 3. The number of benzene rings is 1. The maximum Gasteiger partial charge on any atom is 0.256 e. The Morgan fingerprint density at radius 1 is 1.00 bits per heavy atom. The van der Waals surface area contributed by atoms with Gasteiger partial charge < -0.3 is 10.6 Å². The van der Waals surface area contributed by atoms with Crippen molar-refractivity contribution in [2.75, 3.05) is 10.6 Å². The molecule has 0 aliphatic carbocycles. The van der Waals surface area contributed by atoms with Gasteiger partial charge in [0.25, 0.3) is 5.91 Å². The molecule has 0 aliphatic rings. The molecule has 0 atom stereocenters. The van der Waals surface area contributed by atoms with E-state index in [0.29, 0.717) is 23.7 Å². The first-order valence-corrected chi connectivity index (χ1v) is 7.55. The van der Waals surface area contributed by atoms with Gasteiger partial charge in [-0.25, -0.2) is 0 Å². The SMILES string of the molecule is Cc1ccc(C(=O)Nc2ccc(NCc3cccnc3)nn2)cc1. The highest BCUT2D eigenvalue weighted by Crippen LogP contribution is 2.10. The van der Waals surface area contributed by atoms with Crippen LogP contribution in [0.4, 0.5) is 11.6 Å². The minimum absolute atomic E-state index is 0.208. The molecule has 0 aliphatic heterocycles. The van der Waals surface area contributed by atoms with Gasteiger partial charge in [-0.2, -0.15) is 0 Å². The van der Waals surface area contributed by atoms with Gasteiger partial charge >= 0.3 is 0 Å². The number of anilines is 2. The lowest BCUT2D eigenvalue weighted by molar-refractivity contribution is 0.102. The summed E-state index contributed by atoms with van der Waals surface area (Å²) in [6.45, 7) is 2.59. The lowest BCUT2D eigenvalue weighted by Crippen LogP contribution is -2.13. The second-order valence-corrected chi connectivity index (χ2v) is 5.34. The van der Waals surface area contributed by atoms with Crippen molar-refractivity contribution in [1.82, 2.24) is 15.2 Å². The zero-order valence-corrected chi connectivity index (χ0v) is 13.2. The Labute approximate surface area is 140 Å². The molecule has 0 spiro atoms. The molecule has 120 valence electrons.